The number of aliphatic hydroxyl groups excluding tert-OH is 1. The van der Waals surface area contributed by atoms with Gasteiger partial charge in [-0.3, -0.25) is 19.3 Å². The molecule has 0 spiro atoms. The Labute approximate surface area is 238 Å². The number of benzene rings is 3. The third-order valence-corrected chi connectivity index (χ3v) is 7.94. The second kappa shape index (κ2) is 11.6. The van der Waals surface area contributed by atoms with Gasteiger partial charge in [-0.15, -0.1) is 0 Å². The average Bonchev–Trinajstić information content (AvgIpc) is 3.26. The molecular formula is C32H33N3O6. The molecule has 9 heteroatoms. The number of amides is 3. The third-order valence-electron chi connectivity index (χ3n) is 7.94. The highest BCUT2D eigenvalue weighted by molar-refractivity contribution is 6.23. The standard InChI is InChI=1S/C32H33N3O6/c36-17-16-34(18-22-8-2-1-3-9-22)30(37)23-10-7-15-33(19-23)26-12-6-11-25-29(26)32(39)35(31(25)38)20-24-21-40-27-13-4-5-14-28(27)41-24/h1-6,8-9,11-14,23-24,36H,7,10,15-21H2/t23-,24+/m0/s1. The summed E-state index contributed by atoms with van der Waals surface area (Å²) in [5.74, 6) is 0.222. The lowest BCUT2D eigenvalue weighted by molar-refractivity contribution is -0.137. The molecule has 1 saturated heterocycles. The average molecular weight is 556 g/mol. The van der Waals surface area contributed by atoms with Crippen LogP contribution < -0.4 is 14.4 Å². The number of carbonyl (C=O) groups is 3. The van der Waals surface area contributed by atoms with Crippen LogP contribution in [-0.2, 0) is 11.3 Å². The molecule has 3 aliphatic rings. The fourth-order valence-electron chi connectivity index (χ4n) is 5.95. The van der Waals surface area contributed by atoms with Crippen LogP contribution in [0.3, 0.4) is 0 Å². The van der Waals surface area contributed by atoms with Crippen molar-refractivity contribution >= 4 is 23.4 Å². The number of piperidine rings is 1. The van der Waals surface area contributed by atoms with E-state index in [0.717, 1.165) is 18.4 Å². The van der Waals surface area contributed by atoms with Gasteiger partial charge in [0.2, 0.25) is 5.91 Å². The van der Waals surface area contributed by atoms with Crippen LogP contribution in [-0.4, -0.2) is 78.1 Å². The summed E-state index contributed by atoms with van der Waals surface area (Å²) >= 11 is 0. The van der Waals surface area contributed by atoms with Gasteiger partial charge in [-0.25, -0.2) is 0 Å². The number of rotatable bonds is 8. The molecule has 3 aromatic rings. The zero-order valence-corrected chi connectivity index (χ0v) is 22.8. The minimum atomic E-state index is -0.477. The first-order valence-electron chi connectivity index (χ1n) is 14.1. The number of imide groups is 1. The molecule has 0 aliphatic carbocycles. The van der Waals surface area contributed by atoms with Crippen molar-refractivity contribution in [3.05, 3.63) is 89.5 Å². The van der Waals surface area contributed by atoms with Crippen molar-refractivity contribution in [1.82, 2.24) is 9.80 Å². The van der Waals surface area contributed by atoms with Gasteiger partial charge in [0.05, 0.1) is 35.9 Å². The maximum Gasteiger partial charge on any atom is 0.263 e. The van der Waals surface area contributed by atoms with E-state index < -0.39 is 6.10 Å². The molecule has 0 unspecified atom stereocenters. The fourth-order valence-corrected chi connectivity index (χ4v) is 5.95. The monoisotopic (exact) mass is 555 g/mol. The van der Waals surface area contributed by atoms with Crippen molar-refractivity contribution in [2.45, 2.75) is 25.5 Å². The molecule has 3 aliphatic heterocycles. The largest absolute Gasteiger partial charge is 0.486 e. The number of para-hydroxylation sites is 2. The van der Waals surface area contributed by atoms with Crippen molar-refractivity contribution in [2.24, 2.45) is 5.92 Å². The predicted octanol–water partition coefficient (Wildman–Crippen LogP) is 3.36. The third kappa shape index (κ3) is 5.37. The van der Waals surface area contributed by atoms with E-state index in [1.165, 1.54) is 4.90 Å². The lowest BCUT2D eigenvalue weighted by atomic mass is 9.94. The van der Waals surface area contributed by atoms with E-state index in [2.05, 4.69) is 4.90 Å². The number of hydrogen-bond donors (Lipinski definition) is 1. The summed E-state index contributed by atoms with van der Waals surface area (Å²) in [6.45, 7) is 1.99. The van der Waals surface area contributed by atoms with Crippen molar-refractivity contribution in [3.63, 3.8) is 0 Å². The molecule has 1 N–H and O–H groups in total. The highest BCUT2D eigenvalue weighted by atomic mass is 16.6. The minimum Gasteiger partial charge on any atom is -0.486 e. The Morgan fingerprint density at radius 3 is 2.54 bits per heavy atom. The van der Waals surface area contributed by atoms with E-state index >= 15 is 0 Å². The van der Waals surface area contributed by atoms with Crippen LogP contribution in [0.2, 0.25) is 0 Å². The van der Waals surface area contributed by atoms with E-state index in [0.29, 0.717) is 47.9 Å². The Morgan fingerprint density at radius 1 is 0.951 bits per heavy atom. The summed E-state index contributed by atoms with van der Waals surface area (Å²) in [6, 6.07) is 22.4. The zero-order valence-electron chi connectivity index (χ0n) is 22.8. The van der Waals surface area contributed by atoms with Crippen LogP contribution in [0.15, 0.2) is 72.8 Å². The Kier molecular flexibility index (Phi) is 7.61. The van der Waals surface area contributed by atoms with Gasteiger partial charge in [0, 0.05) is 26.2 Å². The van der Waals surface area contributed by atoms with E-state index in [9.17, 15) is 19.5 Å². The molecule has 9 nitrogen and oxygen atoms in total. The molecule has 0 saturated carbocycles. The SMILES string of the molecule is O=C([C@H]1CCCN(c2cccc3c2C(=O)N(C[C@@H]2COc4ccccc4O2)C3=O)C1)N(CCO)Cc1ccccc1. The minimum absolute atomic E-state index is 0.0149. The summed E-state index contributed by atoms with van der Waals surface area (Å²) in [5, 5.41) is 9.65. The first-order valence-corrected chi connectivity index (χ1v) is 14.1. The van der Waals surface area contributed by atoms with Crippen LogP contribution in [0.4, 0.5) is 5.69 Å². The molecule has 3 amide bonds. The van der Waals surface area contributed by atoms with Crippen molar-refractivity contribution in [3.8, 4) is 11.5 Å². The molecular weight excluding hydrogens is 522 g/mol. The maximum absolute atomic E-state index is 13.7. The normalized spacial score (nSPS) is 19.7. The van der Waals surface area contributed by atoms with Crippen molar-refractivity contribution in [1.29, 1.82) is 0 Å². The number of anilines is 1. The molecule has 212 valence electrons. The fraction of sp³-hybridized carbons (Fsp3) is 0.344. The number of ether oxygens (including phenoxy) is 2. The topological polar surface area (TPSA) is 99.6 Å². The summed E-state index contributed by atoms with van der Waals surface area (Å²) < 4.78 is 11.8. The predicted molar refractivity (Wildman–Crippen MR) is 152 cm³/mol. The first kappa shape index (κ1) is 26.8. The second-order valence-corrected chi connectivity index (χ2v) is 10.7. The summed E-state index contributed by atoms with van der Waals surface area (Å²) in [4.78, 5) is 45.7. The molecule has 3 aromatic carbocycles. The molecule has 3 heterocycles. The van der Waals surface area contributed by atoms with Crippen LogP contribution in [0.5, 0.6) is 11.5 Å². The zero-order chi connectivity index (χ0) is 28.3. The molecule has 41 heavy (non-hydrogen) atoms. The van der Waals surface area contributed by atoms with Crippen molar-refractivity contribution in [2.75, 3.05) is 44.3 Å². The van der Waals surface area contributed by atoms with Gasteiger partial charge < -0.3 is 24.4 Å². The number of aliphatic hydroxyl groups is 1. The smallest absolute Gasteiger partial charge is 0.263 e. The number of fused-ring (bicyclic) bond motifs is 2. The Hall–Kier alpha value is -4.37. The number of carbonyl (C=O) groups excluding carboxylic acids is 3. The van der Waals surface area contributed by atoms with Gasteiger partial charge in [0.15, 0.2) is 17.6 Å². The molecule has 0 aromatic heterocycles. The maximum atomic E-state index is 13.7. The van der Waals surface area contributed by atoms with Crippen LogP contribution >= 0.6 is 0 Å². The van der Waals surface area contributed by atoms with Crippen LogP contribution in [0.1, 0.15) is 39.1 Å². The summed E-state index contributed by atoms with van der Waals surface area (Å²) in [7, 11) is 0. The number of nitrogens with zero attached hydrogens (tertiary/aromatic N) is 3. The van der Waals surface area contributed by atoms with Gasteiger partial charge in [-0.2, -0.15) is 0 Å². The van der Waals surface area contributed by atoms with E-state index in [-0.39, 0.29) is 49.9 Å². The van der Waals surface area contributed by atoms with Gasteiger partial charge in [0.1, 0.15) is 6.61 Å². The second-order valence-electron chi connectivity index (χ2n) is 10.7. The Bertz CT molecular complexity index is 1440. The highest BCUT2D eigenvalue weighted by Crippen LogP contribution is 2.36. The number of hydrogen-bond acceptors (Lipinski definition) is 7. The van der Waals surface area contributed by atoms with Gasteiger partial charge in [-0.05, 0) is 42.7 Å². The molecule has 0 radical (unpaired) electrons. The van der Waals surface area contributed by atoms with Crippen LogP contribution in [0, 0.1) is 5.92 Å². The van der Waals surface area contributed by atoms with Gasteiger partial charge in [-0.1, -0.05) is 48.5 Å². The molecule has 2 atom stereocenters. The first-order chi connectivity index (χ1) is 20.0. The molecule has 1 fully saturated rings. The van der Waals surface area contributed by atoms with Gasteiger partial charge in [0.25, 0.3) is 11.8 Å². The Morgan fingerprint density at radius 2 is 1.73 bits per heavy atom. The summed E-state index contributed by atoms with van der Waals surface area (Å²) in [6.07, 6.45) is 1.02. The van der Waals surface area contributed by atoms with Crippen LogP contribution in [0.25, 0.3) is 0 Å². The van der Waals surface area contributed by atoms with E-state index in [4.69, 9.17) is 9.47 Å². The quantitative estimate of drug-likeness (QED) is 0.426. The van der Waals surface area contributed by atoms with Crippen molar-refractivity contribution < 1.29 is 29.0 Å². The Balaban J connectivity index is 1.18. The summed E-state index contributed by atoms with van der Waals surface area (Å²) in [5.41, 5.74) is 2.41. The molecule has 0 bridgehead atoms. The van der Waals surface area contributed by atoms with Gasteiger partial charge >= 0.3 is 0 Å². The molecule has 6 rings (SSSR count). The lowest BCUT2D eigenvalue weighted by Gasteiger charge is -2.37. The van der Waals surface area contributed by atoms with E-state index in [1.807, 2.05) is 54.6 Å². The van der Waals surface area contributed by atoms with E-state index in [1.54, 1.807) is 23.1 Å². The lowest BCUT2D eigenvalue weighted by Crippen LogP contribution is -2.46. The highest BCUT2D eigenvalue weighted by Gasteiger charge is 2.41.